The summed E-state index contributed by atoms with van der Waals surface area (Å²) in [5, 5.41) is 2.04. The van der Waals surface area contributed by atoms with Crippen molar-refractivity contribution in [2.24, 2.45) is 0 Å². The lowest BCUT2D eigenvalue weighted by Crippen LogP contribution is -2.38. The van der Waals surface area contributed by atoms with E-state index < -0.39 is 11.7 Å². The minimum atomic E-state index is -4.42. The lowest BCUT2D eigenvalue weighted by molar-refractivity contribution is -0.137. The molecule has 3 rings (SSSR count). The lowest BCUT2D eigenvalue weighted by atomic mass is 10.1. The van der Waals surface area contributed by atoms with E-state index in [1.165, 1.54) is 22.3 Å². The Balaban J connectivity index is 1.85. The third-order valence-electron chi connectivity index (χ3n) is 4.03. The predicted molar refractivity (Wildman–Crippen MR) is 94.6 cm³/mol. The minimum Gasteiger partial charge on any atom is -0.376 e. The van der Waals surface area contributed by atoms with E-state index in [2.05, 4.69) is 4.98 Å². The molecule has 0 N–H and O–H groups in total. The zero-order valence-corrected chi connectivity index (χ0v) is 15.2. The zero-order chi connectivity index (χ0) is 18.7. The number of carbonyl (C=O) groups is 1. The van der Waals surface area contributed by atoms with Gasteiger partial charge in [0.15, 0.2) is 5.13 Å². The van der Waals surface area contributed by atoms with Gasteiger partial charge in [0.1, 0.15) is 5.88 Å². The maximum absolute atomic E-state index is 12.9. The number of hydrogen-bond acceptors (Lipinski definition) is 4. The second-order valence-corrected chi connectivity index (χ2v) is 6.97. The van der Waals surface area contributed by atoms with E-state index >= 15 is 0 Å². The number of anilines is 1. The van der Waals surface area contributed by atoms with Crippen LogP contribution in [0.1, 0.15) is 18.4 Å². The average Bonchev–Trinajstić information content (AvgIpc) is 3.30. The number of benzene rings is 1. The molecule has 2 aromatic rings. The van der Waals surface area contributed by atoms with Crippen molar-refractivity contribution in [3.63, 3.8) is 0 Å². The largest absolute Gasteiger partial charge is 0.416 e. The number of amides is 1. The number of nitrogens with zero attached hydrogens (tertiary/aromatic N) is 2. The Hall–Kier alpha value is -1.64. The van der Waals surface area contributed by atoms with Crippen molar-refractivity contribution < 1.29 is 22.7 Å². The first kappa shape index (κ1) is 19.1. The molecule has 9 heteroatoms. The summed E-state index contributed by atoms with van der Waals surface area (Å²) in [6, 6.07) is 4.96. The van der Waals surface area contributed by atoms with E-state index in [1.54, 1.807) is 11.4 Å². The molecule has 1 aromatic heterocycles. The lowest BCUT2D eigenvalue weighted by Gasteiger charge is -2.22. The molecule has 1 aromatic carbocycles. The number of thiazole rings is 1. The van der Waals surface area contributed by atoms with Gasteiger partial charge in [0.25, 0.3) is 0 Å². The molecule has 140 valence electrons. The van der Waals surface area contributed by atoms with Crippen LogP contribution in [0.5, 0.6) is 0 Å². The van der Waals surface area contributed by atoms with Crippen molar-refractivity contribution in [1.29, 1.82) is 0 Å². The fourth-order valence-electron chi connectivity index (χ4n) is 2.73. The predicted octanol–water partition coefficient (Wildman–Crippen LogP) is 4.58. The van der Waals surface area contributed by atoms with Crippen molar-refractivity contribution in [1.82, 2.24) is 4.98 Å². The van der Waals surface area contributed by atoms with E-state index in [4.69, 9.17) is 16.3 Å². The highest BCUT2D eigenvalue weighted by atomic mass is 35.5. The van der Waals surface area contributed by atoms with E-state index in [0.29, 0.717) is 29.5 Å². The zero-order valence-electron chi connectivity index (χ0n) is 13.6. The molecule has 1 aliphatic heterocycles. The number of carbonyl (C=O) groups excluding carboxylic acids is 1. The van der Waals surface area contributed by atoms with Crippen LogP contribution in [0.2, 0.25) is 0 Å². The molecule has 4 nitrogen and oxygen atoms in total. The fourth-order valence-corrected chi connectivity index (χ4v) is 3.73. The Morgan fingerprint density at radius 2 is 2.23 bits per heavy atom. The molecule has 0 bridgehead atoms. The van der Waals surface area contributed by atoms with Gasteiger partial charge in [-0.15, -0.1) is 22.9 Å². The van der Waals surface area contributed by atoms with Gasteiger partial charge in [-0.3, -0.25) is 9.69 Å². The van der Waals surface area contributed by atoms with E-state index in [1.807, 2.05) is 0 Å². The van der Waals surface area contributed by atoms with Gasteiger partial charge in [0.2, 0.25) is 5.91 Å². The molecule has 1 amide bonds. The molecule has 1 atom stereocenters. The molecular formula is C17H16ClF3N2O2S. The summed E-state index contributed by atoms with van der Waals surface area (Å²) in [7, 11) is 0. The number of alkyl halides is 4. The van der Waals surface area contributed by atoms with Gasteiger partial charge in [-0.2, -0.15) is 13.2 Å². The molecule has 1 aliphatic rings. The molecule has 0 aliphatic carbocycles. The van der Waals surface area contributed by atoms with Crippen LogP contribution in [0.3, 0.4) is 0 Å². The molecular weight excluding hydrogens is 389 g/mol. The van der Waals surface area contributed by atoms with E-state index in [-0.39, 0.29) is 17.9 Å². The van der Waals surface area contributed by atoms with Crippen molar-refractivity contribution in [2.75, 3.05) is 23.9 Å². The first-order chi connectivity index (χ1) is 12.4. The number of rotatable bonds is 5. The molecule has 1 fully saturated rings. The topological polar surface area (TPSA) is 42.4 Å². The quantitative estimate of drug-likeness (QED) is 0.685. The highest BCUT2D eigenvalue weighted by molar-refractivity contribution is 7.14. The summed E-state index contributed by atoms with van der Waals surface area (Å²) in [5.74, 6) is -0.516. The first-order valence-electron chi connectivity index (χ1n) is 7.99. The highest BCUT2D eigenvalue weighted by Gasteiger charge is 2.31. The van der Waals surface area contributed by atoms with Crippen molar-refractivity contribution >= 4 is 34.0 Å². The monoisotopic (exact) mass is 404 g/mol. The molecule has 0 saturated carbocycles. The summed E-state index contributed by atoms with van der Waals surface area (Å²) in [6.07, 6.45) is -2.73. The van der Waals surface area contributed by atoms with Crippen LogP contribution in [0, 0.1) is 0 Å². The Labute approximate surface area is 157 Å². The van der Waals surface area contributed by atoms with Crippen LogP contribution in [-0.2, 0) is 15.7 Å². The van der Waals surface area contributed by atoms with Gasteiger partial charge >= 0.3 is 6.18 Å². The summed E-state index contributed by atoms with van der Waals surface area (Å²) in [5.41, 5.74) is -0.00822. The fraction of sp³-hybridized carbons (Fsp3) is 0.412. The molecule has 0 spiro atoms. The Morgan fingerprint density at radius 3 is 2.88 bits per heavy atom. The normalized spacial score (nSPS) is 17.5. The van der Waals surface area contributed by atoms with Gasteiger partial charge in [-0.1, -0.05) is 12.1 Å². The first-order valence-corrected chi connectivity index (χ1v) is 9.41. The third kappa shape index (κ3) is 4.36. The second-order valence-electron chi connectivity index (χ2n) is 5.87. The van der Waals surface area contributed by atoms with Crippen LogP contribution < -0.4 is 4.90 Å². The SMILES string of the molecule is O=C(CCl)N(C[C@H]1CCCO1)c1nc(-c2cccc(C(F)(F)F)c2)cs1. The average molecular weight is 405 g/mol. The summed E-state index contributed by atoms with van der Waals surface area (Å²) < 4.78 is 44.2. The van der Waals surface area contributed by atoms with Gasteiger partial charge in [0.05, 0.1) is 23.9 Å². The number of halogens is 4. The van der Waals surface area contributed by atoms with Crippen LogP contribution >= 0.6 is 22.9 Å². The van der Waals surface area contributed by atoms with Crippen LogP contribution in [0.25, 0.3) is 11.3 Å². The van der Waals surface area contributed by atoms with Gasteiger partial charge in [-0.05, 0) is 25.0 Å². The third-order valence-corrected chi connectivity index (χ3v) is 5.13. The molecule has 26 heavy (non-hydrogen) atoms. The Kier molecular flexibility index (Phi) is 5.84. The smallest absolute Gasteiger partial charge is 0.376 e. The van der Waals surface area contributed by atoms with E-state index in [0.717, 1.165) is 25.0 Å². The van der Waals surface area contributed by atoms with E-state index in [9.17, 15) is 18.0 Å². The number of ether oxygens (including phenoxy) is 1. The van der Waals surface area contributed by atoms with Gasteiger partial charge in [-0.25, -0.2) is 4.98 Å². The van der Waals surface area contributed by atoms with Gasteiger partial charge < -0.3 is 4.74 Å². The van der Waals surface area contributed by atoms with Gasteiger partial charge in [0, 0.05) is 17.6 Å². The number of aromatic nitrogens is 1. The summed E-state index contributed by atoms with van der Waals surface area (Å²) in [6.45, 7) is 0.988. The van der Waals surface area contributed by atoms with Crippen LogP contribution in [-0.4, -0.2) is 36.0 Å². The van der Waals surface area contributed by atoms with Crippen LogP contribution in [0.15, 0.2) is 29.6 Å². The van der Waals surface area contributed by atoms with Crippen molar-refractivity contribution in [3.05, 3.63) is 35.2 Å². The highest BCUT2D eigenvalue weighted by Crippen LogP contribution is 2.34. The molecule has 0 unspecified atom stereocenters. The summed E-state index contributed by atoms with van der Waals surface area (Å²) >= 11 is 6.89. The van der Waals surface area contributed by atoms with Crippen molar-refractivity contribution in [3.8, 4) is 11.3 Å². The van der Waals surface area contributed by atoms with Crippen molar-refractivity contribution in [2.45, 2.75) is 25.1 Å². The minimum absolute atomic E-state index is 0.0805. The second kappa shape index (κ2) is 7.94. The standard InChI is InChI=1S/C17H16ClF3N2O2S/c18-8-15(24)23(9-13-5-2-6-25-13)16-22-14(10-26-16)11-3-1-4-12(7-11)17(19,20)21/h1,3-4,7,10,13H,2,5-6,8-9H2/t13-/m1/s1. The maximum Gasteiger partial charge on any atom is 0.416 e. The molecule has 1 saturated heterocycles. The van der Waals surface area contributed by atoms with Crippen LogP contribution in [0.4, 0.5) is 18.3 Å². The molecule has 0 radical (unpaired) electrons. The Bertz CT molecular complexity index is 775. The number of hydrogen-bond donors (Lipinski definition) is 0. The molecule has 2 heterocycles. The Morgan fingerprint density at radius 1 is 1.42 bits per heavy atom. The maximum atomic E-state index is 12.9. The summed E-state index contributed by atoms with van der Waals surface area (Å²) in [4.78, 5) is 18.0.